The molecule has 4 aromatic rings. The van der Waals surface area contributed by atoms with Crippen LogP contribution in [-0.2, 0) is 7.05 Å². The van der Waals surface area contributed by atoms with Gasteiger partial charge in [0.05, 0.1) is 18.1 Å². The number of aryl methyl sites for hydroxylation is 1. The first-order chi connectivity index (χ1) is 18.4. The number of rotatable bonds is 9. The number of amides is 1. The molecule has 3 heterocycles. The summed E-state index contributed by atoms with van der Waals surface area (Å²) in [5.41, 5.74) is 2.77. The Bertz CT molecular complexity index is 1440. The summed E-state index contributed by atoms with van der Waals surface area (Å²) < 4.78 is 13.7. The summed E-state index contributed by atoms with van der Waals surface area (Å²) in [6.45, 7) is 4.83. The lowest BCUT2D eigenvalue weighted by molar-refractivity contribution is 0.0936. The summed E-state index contributed by atoms with van der Waals surface area (Å²) in [5.74, 6) is 1.95. The number of aromatic nitrogens is 3. The zero-order chi connectivity index (χ0) is 26.6. The van der Waals surface area contributed by atoms with E-state index in [1.807, 2.05) is 48.0 Å². The van der Waals surface area contributed by atoms with Crippen LogP contribution in [0.1, 0.15) is 30.3 Å². The van der Waals surface area contributed by atoms with Crippen molar-refractivity contribution in [3.8, 4) is 17.2 Å². The van der Waals surface area contributed by atoms with Gasteiger partial charge in [0.15, 0.2) is 11.5 Å². The number of nitrogens with zero attached hydrogens (tertiary/aromatic N) is 4. The second kappa shape index (κ2) is 11.3. The molecule has 1 saturated heterocycles. The molecular formula is C28H31ClN6O3. The molecule has 1 aliphatic rings. The molecule has 2 aromatic heterocycles. The maximum absolute atomic E-state index is 12.8. The molecular weight excluding hydrogens is 504 g/mol. The van der Waals surface area contributed by atoms with Crippen molar-refractivity contribution in [3.05, 3.63) is 65.4 Å². The lowest BCUT2D eigenvalue weighted by Gasteiger charge is -2.22. The van der Waals surface area contributed by atoms with Crippen molar-refractivity contribution in [1.29, 1.82) is 0 Å². The van der Waals surface area contributed by atoms with Crippen LogP contribution in [0.25, 0.3) is 11.0 Å². The van der Waals surface area contributed by atoms with E-state index in [1.54, 1.807) is 25.4 Å². The van der Waals surface area contributed by atoms with Crippen molar-refractivity contribution >= 4 is 40.2 Å². The Balaban J connectivity index is 1.33. The second-order valence-corrected chi connectivity index (χ2v) is 9.67. The third kappa shape index (κ3) is 5.54. The van der Waals surface area contributed by atoms with E-state index in [0.29, 0.717) is 46.5 Å². The number of fused-ring (bicyclic) bond motifs is 1. The number of hydrogen-bond donors (Lipinski definition) is 2. The van der Waals surface area contributed by atoms with E-state index >= 15 is 0 Å². The first-order valence-electron chi connectivity index (χ1n) is 12.7. The summed E-state index contributed by atoms with van der Waals surface area (Å²) in [6.07, 6.45) is 3.83. The minimum atomic E-state index is -0.219. The number of likely N-dealkylation sites (tertiary alicyclic amines) is 1. The summed E-state index contributed by atoms with van der Waals surface area (Å²) in [6, 6.07) is 14.8. The van der Waals surface area contributed by atoms with E-state index in [4.69, 9.17) is 26.1 Å². The molecule has 0 radical (unpaired) electrons. The highest BCUT2D eigenvalue weighted by Gasteiger charge is 2.23. The van der Waals surface area contributed by atoms with E-state index in [1.165, 1.54) is 0 Å². The molecule has 1 unspecified atom stereocenters. The molecule has 1 atom stereocenters. The molecule has 0 spiro atoms. The maximum atomic E-state index is 12.8. The molecule has 38 heavy (non-hydrogen) atoms. The van der Waals surface area contributed by atoms with Crippen molar-refractivity contribution in [3.63, 3.8) is 0 Å². The monoisotopic (exact) mass is 534 g/mol. The Morgan fingerprint density at radius 3 is 2.74 bits per heavy atom. The van der Waals surface area contributed by atoms with Gasteiger partial charge < -0.3 is 24.7 Å². The molecule has 0 saturated carbocycles. The van der Waals surface area contributed by atoms with Crippen LogP contribution in [0.4, 0.5) is 11.6 Å². The Hall–Kier alpha value is -3.82. The third-order valence-corrected chi connectivity index (χ3v) is 7.11. The van der Waals surface area contributed by atoms with Gasteiger partial charge in [-0.25, -0.2) is 4.98 Å². The van der Waals surface area contributed by atoms with Gasteiger partial charge in [0.1, 0.15) is 11.4 Å². The fraction of sp³-hybridized carbons (Fsp3) is 0.321. The normalized spacial score (nSPS) is 15.5. The van der Waals surface area contributed by atoms with Crippen molar-refractivity contribution in [2.45, 2.75) is 25.8 Å². The molecule has 2 N–H and O–H groups in total. The first-order valence-corrected chi connectivity index (χ1v) is 13.1. The number of anilines is 2. The maximum Gasteiger partial charge on any atom is 0.270 e. The van der Waals surface area contributed by atoms with E-state index in [0.717, 1.165) is 42.7 Å². The fourth-order valence-corrected chi connectivity index (χ4v) is 4.91. The number of likely N-dealkylation sites (N-methyl/N-ethyl adjacent to an activating group) is 1. The molecule has 198 valence electrons. The van der Waals surface area contributed by atoms with Gasteiger partial charge >= 0.3 is 0 Å². The highest BCUT2D eigenvalue weighted by atomic mass is 35.5. The molecule has 2 aromatic carbocycles. The number of nitrogens with one attached hydrogen (secondary N) is 2. The zero-order valence-electron chi connectivity index (χ0n) is 21.7. The molecule has 1 amide bonds. The molecule has 1 aliphatic heterocycles. The quantitative estimate of drug-likeness (QED) is 0.298. The average molecular weight is 535 g/mol. The number of carbonyl (C=O) groups excluding carboxylic acids is 1. The van der Waals surface area contributed by atoms with Crippen LogP contribution in [-0.4, -0.2) is 58.1 Å². The first kappa shape index (κ1) is 25.8. The Labute approximate surface area is 226 Å². The van der Waals surface area contributed by atoms with Gasteiger partial charge in [0, 0.05) is 54.7 Å². The lowest BCUT2D eigenvalue weighted by atomic mass is 10.2. The fourth-order valence-electron chi connectivity index (χ4n) is 4.78. The van der Waals surface area contributed by atoms with Crippen LogP contribution in [0, 0.1) is 0 Å². The molecule has 5 rings (SSSR count). The summed E-state index contributed by atoms with van der Waals surface area (Å²) >= 11 is 6.00. The smallest absolute Gasteiger partial charge is 0.270 e. The topological polar surface area (TPSA) is 93.5 Å². The van der Waals surface area contributed by atoms with Crippen LogP contribution in [0.15, 0.2) is 54.7 Å². The van der Waals surface area contributed by atoms with Crippen LogP contribution < -0.4 is 20.1 Å². The molecule has 0 bridgehead atoms. The Kier molecular flexibility index (Phi) is 7.67. The van der Waals surface area contributed by atoms with Crippen LogP contribution in [0.3, 0.4) is 0 Å². The predicted molar refractivity (Wildman–Crippen MR) is 149 cm³/mol. The average Bonchev–Trinajstić information content (AvgIpc) is 3.51. The van der Waals surface area contributed by atoms with Crippen LogP contribution >= 0.6 is 11.6 Å². The lowest BCUT2D eigenvalue weighted by Crippen LogP contribution is -2.40. The van der Waals surface area contributed by atoms with Crippen LogP contribution in [0.2, 0.25) is 5.02 Å². The van der Waals surface area contributed by atoms with Gasteiger partial charge in [0.25, 0.3) is 5.91 Å². The molecule has 10 heteroatoms. The number of halogens is 1. The highest BCUT2D eigenvalue weighted by Crippen LogP contribution is 2.36. The molecule has 9 nitrogen and oxygen atoms in total. The molecule has 0 aliphatic carbocycles. The number of ether oxygens (including phenoxy) is 2. The van der Waals surface area contributed by atoms with Crippen LogP contribution in [0.5, 0.6) is 17.2 Å². The van der Waals surface area contributed by atoms with E-state index in [9.17, 15) is 4.79 Å². The van der Waals surface area contributed by atoms with E-state index in [2.05, 4.69) is 27.4 Å². The van der Waals surface area contributed by atoms with Crippen molar-refractivity contribution in [2.75, 3.05) is 32.1 Å². The number of benzene rings is 2. The van der Waals surface area contributed by atoms with Gasteiger partial charge in [-0.05, 0) is 56.3 Å². The summed E-state index contributed by atoms with van der Waals surface area (Å²) in [4.78, 5) is 24.2. The number of imidazole rings is 1. The molecule has 1 fully saturated rings. The Morgan fingerprint density at radius 2 is 1.97 bits per heavy atom. The predicted octanol–water partition coefficient (Wildman–Crippen LogP) is 5.38. The van der Waals surface area contributed by atoms with Crippen molar-refractivity contribution < 1.29 is 14.3 Å². The van der Waals surface area contributed by atoms with Gasteiger partial charge in [-0.15, -0.1) is 0 Å². The number of carbonyl (C=O) groups is 1. The van der Waals surface area contributed by atoms with E-state index < -0.39 is 0 Å². The third-order valence-electron chi connectivity index (χ3n) is 6.86. The largest absolute Gasteiger partial charge is 0.493 e. The van der Waals surface area contributed by atoms with E-state index in [-0.39, 0.29) is 5.91 Å². The minimum Gasteiger partial charge on any atom is -0.493 e. The number of methoxy groups -OCH3 is 1. The zero-order valence-corrected chi connectivity index (χ0v) is 22.5. The number of hydrogen-bond acceptors (Lipinski definition) is 7. The van der Waals surface area contributed by atoms with Gasteiger partial charge in [-0.3, -0.25) is 14.7 Å². The minimum absolute atomic E-state index is 0.219. The number of pyridine rings is 1. The SMILES string of the molecule is CCN1CCCC1CNC(=O)c1cc(Oc2cc3nc(Nc4ccc(Cl)cc4)n(C)c3cc2OC)ccn1. The standard InChI is InChI=1S/C28H31ClN6O3/c1-4-35-13-5-6-20(35)17-31-27(36)23-14-21(11-12-30-23)38-26-15-22-24(16-25(26)37-3)34(2)28(33-22)32-19-9-7-18(29)8-10-19/h7-12,14-16,20H,4-6,13,17H2,1-3H3,(H,31,36)(H,32,33). The van der Waals surface area contributed by atoms with Crippen molar-refractivity contribution in [2.24, 2.45) is 7.05 Å². The van der Waals surface area contributed by atoms with Crippen molar-refractivity contribution in [1.82, 2.24) is 24.8 Å². The highest BCUT2D eigenvalue weighted by molar-refractivity contribution is 6.30. The second-order valence-electron chi connectivity index (χ2n) is 9.23. The summed E-state index contributed by atoms with van der Waals surface area (Å²) in [7, 11) is 3.51. The summed E-state index contributed by atoms with van der Waals surface area (Å²) in [5, 5.41) is 7.00. The Morgan fingerprint density at radius 1 is 1.16 bits per heavy atom. The van der Waals surface area contributed by atoms with Gasteiger partial charge in [0.2, 0.25) is 5.95 Å². The van der Waals surface area contributed by atoms with Gasteiger partial charge in [-0.1, -0.05) is 18.5 Å². The van der Waals surface area contributed by atoms with Gasteiger partial charge in [-0.2, -0.15) is 0 Å².